The number of rotatable bonds is 7. The summed E-state index contributed by atoms with van der Waals surface area (Å²) in [5.41, 5.74) is 0.530. The maximum Gasteiger partial charge on any atom is 0.258 e. The first kappa shape index (κ1) is 20.8. The molecule has 7 nitrogen and oxygen atoms in total. The molecule has 0 saturated carbocycles. The van der Waals surface area contributed by atoms with Gasteiger partial charge in [-0.3, -0.25) is 14.5 Å². The fourth-order valence-electron chi connectivity index (χ4n) is 3.14. The highest BCUT2D eigenvalue weighted by molar-refractivity contribution is 6.09. The zero-order valence-electron chi connectivity index (χ0n) is 16.3. The van der Waals surface area contributed by atoms with Crippen LogP contribution in [0, 0.1) is 5.82 Å². The van der Waals surface area contributed by atoms with E-state index in [1.165, 1.54) is 19.2 Å². The molecule has 0 radical (unpaired) electrons. The Morgan fingerprint density at radius 3 is 2.59 bits per heavy atom. The summed E-state index contributed by atoms with van der Waals surface area (Å²) in [7, 11) is 1.42. The quantitative estimate of drug-likeness (QED) is 0.659. The first-order valence-corrected chi connectivity index (χ1v) is 9.53. The summed E-state index contributed by atoms with van der Waals surface area (Å²) < 4.78 is 19.1. The highest BCUT2D eigenvalue weighted by Crippen LogP contribution is 2.20. The summed E-state index contributed by atoms with van der Waals surface area (Å²) in [6.07, 6.45) is 0. The van der Waals surface area contributed by atoms with Crippen LogP contribution in [0.5, 0.6) is 5.75 Å². The van der Waals surface area contributed by atoms with E-state index in [0.717, 1.165) is 38.8 Å². The summed E-state index contributed by atoms with van der Waals surface area (Å²) in [5.74, 6) is -1.29. The van der Waals surface area contributed by atoms with Gasteiger partial charge in [0, 0.05) is 45.3 Å². The number of methoxy groups -OCH3 is 1. The van der Waals surface area contributed by atoms with Crippen LogP contribution in [0.1, 0.15) is 20.7 Å². The average molecular weight is 400 g/mol. The van der Waals surface area contributed by atoms with Gasteiger partial charge in [0.1, 0.15) is 11.6 Å². The first-order valence-electron chi connectivity index (χ1n) is 9.53. The number of piperazine rings is 1. The fraction of sp³-hybridized carbons (Fsp3) is 0.333. The number of hydrogen-bond acceptors (Lipinski definition) is 5. The molecule has 2 amide bonds. The normalized spacial score (nSPS) is 14.3. The number of nitrogens with one attached hydrogen (secondary N) is 3. The van der Waals surface area contributed by atoms with Crippen molar-refractivity contribution in [3.8, 4) is 5.75 Å². The molecular formula is C21H25FN4O3. The first-order chi connectivity index (χ1) is 14.1. The molecule has 8 heteroatoms. The van der Waals surface area contributed by atoms with E-state index in [1.807, 2.05) is 0 Å². The lowest BCUT2D eigenvalue weighted by molar-refractivity contribution is 0.0948. The Hall–Kier alpha value is -2.97. The van der Waals surface area contributed by atoms with Gasteiger partial charge in [0.15, 0.2) is 0 Å². The second-order valence-electron chi connectivity index (χ2n) is 6.69. The summed E-state index contributed by atoms with van der Waals surface area (Å²) >= 11 is 0. The second kappa shape index (κ2) is 9.99. The van der Waals surface area contributed by atoms with Gasteiger partial charge in [0.2, 0.25) is 0 Å². The van der Waals surface area contributed by atoms with Crippen LogP contribution in [0.15, 0.2) is 42.5 Å². The lowest BCUT2D eigenvalue weighted by atomic mass is 10.1. The van der Waals surface area contributed by atoms with Crippen LogP contribution in [-0.2, 0) is 0 Å². The molecule has 1 aliphatic rings. The van der Waals surface area contributed by atoms with E-state index in [4.69, 9.17) is 4.74 Å². The number of carbonyl (C=O) groups is 2. The van der Waals surface area contributed by atoms with Gasteiger partial charge in [-0.05, 0) is 24.3 Å². The standard InChI is InChI=1S/C21H25FN4O3/c1-29-15-6-7-16(18(22)14-15)21(28)25-19-5-3-2-4-17(19)20(27)24-10-13-26-11-8-23-9-12-26/h2-7,14,23H,8-13H2,1H3,(H,24,27)(H,25,28). The minimum Gasteiger partial charge on any atom is -0.497 e. The number of nitrogens with zero attached hydrogens (tertiary/aromatic N) is 1. The van der Waals surface area contributed by atoms with E-state index >= 15 is 0 Å². The van der Waals surface area contributed by atoms with Crippen molar-refractivity contribution in [2.24, 2.45) is 0 Å². The fourth-order valence-corrected chi connectivity index (χ4v) is 3.14. The van der Waals surface area contributed by atoms with E-state index in [1.54, 1.807) is 24.3 Å². The second-order valence-corrected chi connectivity index (χ2v) is 6.69. The van der Waals surface area contributed by atoms with Crippen LogP contribution in [0.2, 0.25) is 0 Å². The smallest absolute Gasteiger partial charge is 0.258 e. The molecule has 0 atom stereocenters. The molecule has 1 saturated heterocycles. The molecule has 1 aliphatic heterocycles. The van der Waals surface area contributed by atoms with Gasteiger partial charge in [-0.25, -0.2) is 4.39 Å². The Labute approximate surface area is 169 Å². The number of benzene rings is 2. The summed E-state index contributed by atoms with van der Waals surface area (Å²) in [5, 5.41) is 8.80. The van der Waals surface area contributed by atoms with Gasteiger partial charge in [-0.2, -0.15) is 0 Å². The molecule has 2 aromatic carbocycles. The minimum absolute atomic E-state index is 0.125. The SMILES string of the molecule is COc1ccc(C(=O)Nc2ccccc2C(=O)NCCN2CCNCC2)c(F)c1. The van der Waals surface area contributed by atoms with Crippen molar-refractivity contribution in [3.63, 3.8) is 0 Å². The Kier molecular flexibility index (Phi) is 7.15. The van der Waals surface area contributed by atoms with E-state index in [2.05, 4.69) is 20.9 Å². The number of carbonyl (C=O) groups excluding carboxylic acids is 2. The van der Waals surface area contributed by atoms with Crippen molar-refractivity contribution in [1.82, 2.24) is 15.5 Å². The van der Waals surface area contributed by atoms with Crippen LogP contribution in [0.3, 0.4) is 0 Å². The molecule has 1 heterocycles. The zero-order valence-corrected chi connectivity index (χ0v) is 16.3. The van der Waals surface area contributed by atoms with Crippen LogP contribution >= 0.6 is 0 Å². The van der Waals surface area contributed by atoms with Crippen LogP contribution < -0.4 is 20.7 Å². The van der Waals surface area contributed by atoms with Gasteiger partial charge < -0.3 is 20.7 Å². The average Bonchev–Trinajstić information content (AvgIpc) is 2.74. The van der Waals surface area contributed by atoms with Crippen molar-refractivity contribution in [2.45, 2.75) is 0 Å². The van der Waals surface area contributed by atoms with Crippen molar-refractivity contribution < 1.29 is 18.7 Å². The molecule has 3 rings (SSSR count). The number of amides is 2. The van der Waals surface area contributed by atoms with E-state index in [9.17, 15) is 14.0 Å². The molecule has 0 spiro atoms. The third-order valence-electron chi connectivity index (χ3n) is 4.76. The minimum atomic E-state index is -0.695. The Balaban J connectivity index is 1.63. The molecule has 2 aromatic rings. The molecule has 154 valence electrons. The van der Waals surface area contributed by atoms with Crippen LogP contribution in [0.25, 0.3) is 0 Å². The molecule has 0 bridgehead atoms. The lowest BCUT2D eigenvalue weighted by Gasteiger charge is -2.27. The predicted octanol–water partition coefficient (Wildman–Crippen LogP) is 1.72. The van der Waals surface area contributed by atoms with Gasteiger partial charge >= 0.3 is 0 Å². The van der Waals surface area contributed by atoms with E-state index < -0.39 is 11.7 Å². The van der Waals surface area contributed by atoms with Crippen molar-refractivity contribution in [2.75, 3.05) is 51.7 Å². The van der Waals surface area contributed by atoms with Gasteiger partial charge in [0.25, 0.3) is 11.8 Å². The van der Waals surface area contributed by atoms with E-state index in [0.29, 0.717) is 23.5 Å². The Morgan fingerprint density at radius 2 is 1.86 bits per heavy atom. The van der Waals surface area contributed by atoms with Crippen molar-refractivity contribution in [1.29, 1.82) is 0 Å². The van der Waals surface area contributed by atoms with Crippen LogP contribution in [0.4, 0.5) is 10.1 Å². The zero-order chi connectivity index (χ0) is 20.6. The van der Waals surface area contributed by atoms with Crippen molar-refractivity contribution in [3.05, 3.63) is 59.4 Å². The number of ether oxygens (including phenoxy) is 1. The maximum absolute atomic E-state index is 14.2. The molecular weight excluding hydrogens is 375 g/mol. The highest BCUT2D eigenvalue weighted by atomic mass is 19.1. The monoisotopic (exact) mass is 400 g/mol. The van der Waals surface area contributed by atoms with Crippen molar-refractivity contribution >= 4 is 17.5 Å². The lowest BCUT2D eigenvalue weighted by Crippen LogP contribution is -2.46. The Bertz CT molecular complexity index is 869. The Morgan fingerprint density at radius 1 is 1.10 bits per heavy atom. The van der Waals surface area contributed by atoms with Gasteiger partial charge in [-0.15, -0.1) is 0 Å². The molecule has 29 heavy (non-hydrogen) atoms. The summed E-state index contributed by atoms with van der Waals surface area (Å²) in [4.78, 5) is 27.4. The number of para-hydroxylation sites is 1. The largest absolute Gasteiger partial charge is 0.497 e. The predicted molar refractivity (Wildman–Crippen MR) is 109 cm³/mol. The number of hydrogen-bond donors (Lipinski definition) is 3. The van der Waals surface area contributed by atoms with Gasteiger partial charge in [-0.1, -0.05) is 12.1 Å². The molecule has 3 N–H and O–H groups in total. The molecule has 0 aromatic heterocycles. The van der Waals surface area contributed by atoms with Crippen LogP contribution in [-0.4, -0.2) is 63.1 Å². The summed E-state index contributed by atoms with van der Waals surface area (Å²) in [6, 6.07) is 10.7. The van der Waals surface area contributed by atoms with Gasteiger partial charge in [0.05, 0.1) is 23.9 Å². The molecule has 0 unspecified atom stereocenters. The number of anilines is 1. The molecule has 1 fully saturated rings. The maximum atomic E-state index is 14.2. The van der Waals surface area contributed by atoms with E-state index in [-0.39, 0.29) is 11.5 Å². The third kappa shape index (κ3) is 5.52. The number of halogens is 1. The third-order valence-corrected chi connectivity index (χ3v) is 4.76. The molecule has 0 aliphatic carbocycles. The summed E-state index contributed by atoms with van der Waals surface area (Å²) in [6.45, 7) is 5.08. The highest BCUT2D eigenvalue weighted by Gasteiger charge is 2.17. The topological polar surface area (TPSA) is 82.7 Å².